The lowest BCUT2D eigenvalue weighted by atomic mass is 10.1. The molecule has 0 aliphatic carbocycles. The van der Waals surface area contributed by atoms with Crippen molar-refractivity contribution in [1.29, 1.82) is 0 Å². The standard InChI is InChI=1S/C15H14O4/c1-18-15(17)13(12-9-5-6-10-19-12)14(16)11-7-3-2-4-8-11/h2-9,16H,10H2,1H3. The summed E-state index contributed by atoms with van der Waals surface area (Å²) in [5.41, 5.74) is 0.556. The smallest absolute Gasteiger partial charge is 0.345 e. The number of ether oxygens (including phenoxy) is 2. The summed E-state index contributed by atoms with van der Waals surface area (Å²) in [4.78, 5) is 11.8. The van der Waals surface area contributed by atoms with Crippen LogP contribution in [0.15, 0.2) is 59.9 Å². The molecule has 0 saturated carbocycles. The highest BCUT2D eigenvalue weighted by molar-refractivity contribution is 6.00. The number of carbonyl (C=O) groups is 1. The van der Waals surface area contributed by atoms with E-state index in [2.05, 4.69) is 0 Å². The molecule has 1 heterocycles. The maximum atomic E-state index is 11.8. The third kappa shape index (κ3) is 2.85. The Balaban J connectivity index is 2.51. The first-order valence-electron chi connectivity index (χ1n) is 5.81. The minimum atomic E-state index is -0.636. The summed E-state index contributed by atoms with van der Waals surface area (Å²) in [5, 5.41) is 10.3. The van der Waals surface area contributed by atoms with Gasteiger partial charge < -0.3 is 14.6 Å². The van der Waals surface area contributed by atoms with Gasteiger partial charge in [-0.3, -0.25) is 0 Å². The van der Waals surface area contributed by atoms with Gasteiger partial charge in [-0.1, -0.05) is 36.4 Å². The second-order valence-corrected chi connectivity index (χ2v) is 3.85. The maximum absolute atomic E-state index is 11.8. The van der Waals surface area contributed by atoms with Gasteiger partial charge in [0.25, 0.3) is 0 Å². The van der Waals surface area contributed by atoms with Crippen LogP contribution in [0, 0.1) is 0 Å². The average Bonchev–Trinajstić information content (AvgIpc) is 2.49. The zero-order chi connectivity index (χ0) is 13.7. The van der Waals surface area contributed by atoms with Crippen LogP contribution in [0.1, 0.15) is 5.56 Å². The zero-order valence-corrected chi connectivity index (χ0v) is 10.5. The normalized spacial score (nSPS) is 15.1. The van der Waals surface area contributed by atoms with Crippen LogP contribution in [0.5, 0.6) is 0 Å². The summed E-state index contributed by atoms with van der Waals surface area (Å²) in [6.45, 7) is 0.356. The lowest BCUT2D eigenvalue weighted by molar-refractivity contribution is -0.136. The molecular formula is C15H14O4. The highest BCUT2D eigenvalue weighted by atomic mass is 16.5. The Morgan fingerprint density at radius 1 is 1.32 bits per heavy atom. The molecule has 0 saturated heterocycles. The van der Waals surface area contributed by atoms with E-state index in [9.17, 15) is 9.90 Å². The Bertz CT molecular complexity index is 553. The van der Waals surface area contributed by atoms with Gasteiger partial charge in [0, 0.05) is 5.56 Å². The first kappa shape index (κ1) is 13.0. The summed E-state index contributed by atoms with van der Waals surface area (Å²) in [5.74, 6) is -0.493. The van der Waals surface area contributed by atoms with E-state index < -0.39 is 5.97 Å². The summed E-state index contributed by atoms with van der Waals surface area (Å²) < 4.78 is 10.1. The van der Waals surface area contributed by atoms with E-state index in [4.69, 9.17) is 9.47 Å². The highest BCUT2D eigenvalue weighted by Gasteiger charge is 2.23. The molecule has 4 heteroatoms. The van der Waals surface area contributed by atoms with Crippen molar-refractivity contribution in [2.45, 2.75) is 0 Å². The van der Waals surface area contributed by atoms with Gasteiger partial charge in [-0.05, 0) is 12.2 Å². The largest absolute Gasteiger partial charge is 0.506 e. The molecule has 0 aromatic heterocycles. The second kappa shape index (κ2) is 5.91. The number of esters is 1. The van der Waals surface area contributed by atoms with Crippen molar-refractivity contribution < 1.29 is 19.4 Å². The van der Waals surface area contributed by atoms with E-state index in [1.807, 2.05) is 6.07 Å². The van der Waals surface area contributed by atoms with Crippen LogP contribution in [0.3, 0.4) is 0 Å². The van der Waals surface area contributed by atoms with Gasteiger partial charge in [0.1, 0.15) is 23.7 Å². The zero-order valence-electron chi connectivity index (χ0n) is 10.5. The van der Waals surface area contributed by atoms with E-state index in [0.717, 1.165) is 0 Å². The van der Waals surface area contributed by atoms with E-state index in [-0.39, 0.29) is 11.3 Å². The van der Waals surface area contributed by atoms with Crippen molar-refractivity contribution in [3.8, 4) is 0 Å². The number of aliphatic hydroxyl groups excluding tert-OH is 1. The molecule has 2 rings (SSSR count). The summed E-state index contributed by atoms with van der Waals surface area (Å²) in [6.07, 6.45) is 5.19. The lowest BCUT2D eigenvalue weighted by Gasteiger charge is -2.15. The van der Waals surface area contributed by atoms with E-state index in [1.165, 1.54) is 7.11 Å². The van der Waals surface area contributed by atoms with Crippen molar-refractivity contribution in [2.24, 2.45) is 0 Å². The van der Waals surface area contributed by atoms with E-state index >= 15 is 0 Å². The van der Waals surface area contributed by atoms with Gasteiger partial charge in [0.2, 0.25) is 0 Å². The molecule has 1 aromatic rings. The third-order valence-corrected chi connectivity index (χ3v) is 2.64. The van der Waals surface area contributed by atoms with E-state index in [1.54, 1.807) is 42.5 Å². The van der Waals surface area contributed by atoms with Gasteiger partial charge >= 0.3 is 5.97 Å². The van der Waals surface area contributed by atoms with Crippen molar-refractivity contribution in [1.82, 2.24) is 0 Å². The monoisotopic (exact) mass is 258 g/mol. The lowest BCUT2D eigenvalue weighted by Crippen LogP contribution is -2.13. The first-order chi connectivity index (χ1) is 9.24. The van der Waals surface area contributed by atoms with Crippen molar-refractivity contribution in [3.63, 3.8) is 0 Å². The molecule has 0 spiro atoms. The van der Waals surface area contributed by atoms with Crippen molar-refractivity contribution in [2.75, 3.05) is 13.7 Å². The molecular weight excluding hydrogens is 244 g/mol. The molecule has 0 unspecified atom stereocenters. The fraction of sp³-hybridized carbons (Fsp3) is 0.133. The first-order valence-corrected chi connectivity index (χ1v) is 5.81. The van der Waals surface area contributed by atoms with Crippen LogP contribution in [0.2, 0.25) is 0 Å². The van der Waals surface area contributed by atoms with Crippen LogP contribution < -0.4 is 0 Å². The molecule has 1 aliphatic rings. The minimum Gasteiger partial charge on any atom is -0.506 e. The predicted molar refractivity (Wildman–Crippen MR) is 71.2 cm³/mol. The Labute approximate surface area is 111 Å². The van der Waals surface area contributed by atoms with Gasteiger partial charge in [-0.15, -0.1) is 0 Å². The molecule has 1 aromatic carbocycles. The van der Waals surface area contributed by atoms with Gasteiger partial charge in [-0.2, -0.15) is 0 Å². The summed E-state index contributed by atoms with van der Waals surface area (Å²) >= 11 is 0. The van der Waals surface area contributed by atoms with Crippen LogP contribution in [-0.4, -0.2) is 24.8 Å². The van der Waals surface area contributed by atoms with Crippen LogP contribution >= 0.6 is 0 Å². The number of benzene rings is 1. The topological polar surface area (TPSA) is 55.8 Å². The van der Waals surface area contributed by atoms with Crippen LogP contribution in [0.25, 0.3) is 5.76 Å². The Morgan fingerprint density at radius 3 is 2.63 bits per heavy atom. The van der Waals surface area contributed by atoms with Gasteiger partial charge in [-0.25, -0.2) is 4.79 Å². The van der Waals surface area contributed by atoms with Crippen LogP contribution in [-0.2, 0) is 14.3 Å². The fourth-order valence-electron chi connectivity index (χ4n) is 1.71. The summed E-state index contributed by atoms with van der Waals surface area (Å²) in [7, 11) is 1.26. The number of rotatable bonds is 3. The Morgan fingerprint density at radius 2 is 2.05 bits per heavy atom. The maximum Gasteiger partial charge on any atom is 0.345 e. The second-order valence-electron chi connectivity index (χ2n) is 3.85. The highest BCUT2D eigenvalue weighted by Crippen LogP contribution is 2.25. The minimum absolute atomic E-state index is 0.0260. The average molecular weight is 258 g/mol. The number of aliphatic hydroxyl groups is 1. The predicted octanol–water partition coefficient (Wildman–Crippen LogP) is 2.60. The molecule has 1 N–H and O–H groups in total. The van der Waals surface area contributed by atoms with Crippen molar-refractivity contribution >= 4 is 11.7 Å². The number of methoxy groups -OCH3 is 1. The van der Waals surface area contributed by atoms with Gasteiger partial charge in [0.15, 0.2) is 0 Å². The summed E-state index contributed by atoms with van der Waals surface area (Å²) in [6, 6.07) is 8.79. The van der Waals surface area contributed by atoms with E-state index in [0.29, 0.717) is 17.9 Å². The number of allylic oxidation sites excluding steroid dienone is 2. The molecule has 98 valence electrons. The van der Waals surface area contributed by atoms with Crippen molar-refractivity contribution in [3.05, 3.63) is 65.5 Å². The number of hydrogen-bond donors (Lipinski definition) is 1. The molecule has 0 radical (unpaired) electrons. The number of carbonyl (C=O) groups excluding carboxylic acids is 1. The molecule has 0 atom stereocenters. The molecule has 0 amide bonds. The SMILES string of the molecule is COC(=O)C(C1=CC=CCO1)=C(O)c1ccccc1. The number of hydrogen-bond acceptors (Lipinski definition) is 4. The Hall–Kier alpha value is -2.49. The molecule has 0 fully saturated rings. The molecule has 1 aliphatic heterocycles. The van der Waals surface area contributed by atoms with Gasteiger partial charge in [0.05, 0.1) is 7.11 Å². The molecule has 0 bridgehead atoms. The molecule has 19 heavy (non-hydrogen) atoms. The Kier molecular flexibility index (Phi) is 4.03. The third-order valence-electron chi connectivity index (χ3n) is 2.64. The van der Waals surface area contributed by atoms with Crippen LogP contribution in [0.4, 0.5) is 0 Å². The fourth-order valence-corrected chi connectivity index (χ4v) is 1.71. The quantitative estimate of drug-likeness (QED) is 0.514. The molecule has 4 nitrogen and oxygen atoms in total.